The molecule has 20 heavy (non-hydrogen) atoms. The quantitative estimate of drug-likeness (QED) is 0.792. The summed E-state index contributed by atoms with van der Waals surface area (Å²) in [6.45, 7) is 6.94. The molecule has 0 bridgehead atoms. The van der Waals surface area contributed by atoms with Crippen LogP contribution in [-0.4, -0.2) is 23.2 Å². The van der Waals surface area contributed by atoms with Crippen LogP contribution in [0.5, 0.6) is 0 Å². The molecule has 1 aliphatic rings. The number of nitrogens with one attached hydrogen (secondary N) is 2. The van der Waals surface area contributed by atoms with Gasteiger partial charge in [0.25, 0.3) is 0 Å². The first kappa shape index (κ1) is 15.4. The molecule has 0 saturated heterocycles. The molecular weight excluding hydrogens is 268 g/mol. The van der Waals surface area contributed by atoms with Crippen molar-refractivity contribution < 1.29 is 4.79 Å². The lowest BCUT2D eigenvalue weighted by Gasteiger charge is -2.20. The smallest absolute Gasteiger partial charge is 0.230 e. The van der Waals surface area contributed by atoms with Gasteiger partial charge in [-0.05, 0) is 51.3 Å². The van der Waals surface area contributed by atoms with E-state index >= 15 is 0 Å². The molecule has 1 saturated carbocycles. The molecule has 1 aromatic carbocycles. The molecule has 110 valence electrons. The third-order valence-corrected chi connectivity index (χ3v) is 3.99. The largest absolute Gasteiger partial charge is 0.351 e. The number of benzene rings is 1. The first-order chi connectivity index (χ1) is 9.42. The van der Waals surface area contributed by atoms with Crippen molar-refractivity contribution in [3.63, 3.8) is 0 Å². The van der Waals surface area contributed by atoms with E-state index in [0.29, 0.717) is 5.75 Å². The molecule has 3 nitrogen and oxygen atoms in total. The average molecular weight is 292 g/mol. The standard InChI is InChI=1S/C16H24N2OS/c1-16(2,3)18-15(19)11-20-14-8-4-12(5-9-14)10-17-13-6-7-13/h4-5,8-9,13,17H,6-7,10-11H2,1-3H3,(H,18,19). The maximum absolute atomic E-state index is 11.7. The van der Waals surface area contributed by atoms with Gasteiger partial charge in [-0.1, -0.05) is 12.1 Å². The van der Waals surface area contributed by atoms with Crippen molar-refractivity contribution in [1.82, 2.24) is 10.6 Å². The molecule has 0 radical (unpaired) electrons. The first-order valence-electron chi connectivity index (χ1n) is 7.18. The van der Waals surface area contributed by atoms with Gasteiger partial charge < -0.3 is 10.6 Å². The summed E-state index contributed by atoms with van der Waals surface area (Å²) in [7, 11) is 0. The minimum absolute atomic E-state index is 0.0852. The summed E-state index contributed by atoms with van der Waals surface area (Å²) in [5.74, 6) is 0.554. The van der Waals surface area contributed by atoms with Gasteiger partial charge in [0.15, 0.2) is 0 Å². The number of carbonyl (C=O) groups is 1. The van der Waals surface area contributed by atoms with Crippen molar-refractivity contribution in [1.29, 1.82) is 0 Å². The van der Waals surface area contributed by atoms with Crippen LogP contribution >= 0.6 is 11.8 Å². The SMILES string of the molecule is CC(C)(C)NC(=O)CSc1ccc(CNC2CC2)cc1. The second-order valence-corrected chi connectivity index (χ2v) is 7.43. The van der Waals surface area contributed by atoms with Crippen molar-refractivity contribution in [2.45, 2.75) is 56.6 Å². The number of thioether (sulfide) groups is 1. The second kappa shape index (κ2) is 6.64. The third kappa shape index (κ3) is 5.97. The van der Waals surface area contributed by atoms with Crippen LogP contribution in [0, 0.1) is 0 Å². The average Bonchev–Trinajstić information content (AvgIpc) is 3.17. The number of rotatable bonds is 6. The van der Waals surface area contributed by atoms with Gasteiger partial charge in [0, 0.05) is 23.0 Å². The van der Waals surface area contributed by atoms with Crippen LogP contribution in [0.4, 0.5) is 0 Å². The lowest BCUT2D eigenvalue weighted by molar-refractivity contribution is -0.119. The summed E-state index contributed by atoms with van der Waals surface area (Å²) >= 11 is 1.58. The summed E-state index contributed by atoms with van der Waals surface area (Å²) in [6, 6.07) is 9.21. The Labute approximate surface area is 125 Å². The molecule has 1 fully saturated rings. The molecule has 4 heteroatoms. The molecule has 0 spiro atoms. The van der Waals surface area contributed by atoms with Crippen molar-refractivity contribution in [2.24, 2.45) is 0 Å². The van der Waals surface area contributed by atoms with E-state index in [0.717, 1.165) is 17.5 Å². The van der Waals surface area contributed by atoms with Gasteiger partial charge in [-0.3, -0.25) is 4.79 Å². The molecule has 1 amide bonds. The van der Waals surface area contributed by atoms with E-state index in [-0.39, 0.29) is 11.4 Å². The minimum Gasteiger partial charge on any atom is -0.351 e. The van der Waals surface area contributed by atoms with Gasteiger partial charge in [0.05, 0.1) is 5.75 Å². The van der Waals surface area contributed by atoms with E-state index in [1.165, 1.54) is 18.4 Å². The maximum Gasteiger partial charge on any atom is 0.230 e. The maximum atomic E-state index is 11.7. The van der Waals surface area contributed by atoms with Crippen molar-refractivity contribution in [3.8, 4) is 0 Å². The number of hydrogen-bond donors (Lipinski definition) is 2. The Morgan fingerprint density at radius 2 is 1.90 bits per heavy atom. The Morgan fingerprint density at radius 1 is 1.25 bits per heavy atom. The Balaban J connectivity index is 1.73. The van der Waals surface area contributed by atoms with Crippen LogP contribution in [0.25, 0.3) is 0 Å². The first-order valence-corrected chi connectivity index (χ1v) is 8.17. The molecule has 0 atom stereocenters. The van der Waals surface area contributed by atoms with E-state index in [4.69, 9.17) is 0 Å². The molecule has 2 rings (SSSR count). The monoisotopic (exact) mass is 292 g/mol. The lowest BCUT2D eigenvalue weighted by Crippen LogP contribution is -2.41. The van der Waals surface area contributed by atoms with Gasteiger partial charge in [0.2, 0.25) is 5.91 Å². The van der Waals surface area contributed by atoms with Crippen LogP contribution in [-0.2, 0) is 11.3 Å². The highest BCUT2D eigenvalue weighted by molar-refractivity contribution is 8.00. The minimum atomic E-state index is -0.157. The fraction of sp³-hybridized carbons (Fsp3) is 0.562. The van der Waals surface area contributed by atoms with Gasteiger partial charge in [0.1, 0.15) is 0 Å². The van der Waals surface area contributed by atoms with E-state index in [9.17, 15) is 4.79 Å². The van der Waals surface area contributed by atoms with Gasteiger partial charge in [-0.25, -0.2) is 0 Å². The van der Waals surface area contributed by atoms with Crippen molar-refractivity contribution in [3.05, 3.63) is 29.8 Å². The van der Waals surface area contributed by atoms with E-state index < -0.39 is 0 Å². The second-order valence-electron chi connectivity index (χ2n) is 6.39. The van der Waals surface area contributed by atoms with Gasteiger partial charge in [-0.2, -0.15) is 0 Å². The molecule has 1 aromatic rings. The molecule has 0 heterocycles. The summed E-state index contributed by atoms with van der Waals surface area (Å²) in [5.41, 5.74) is 1.15. The summed E-state index contributed by atoms with van der Waals surface area (Å²) in [4.78, 5) is 12.9. The fourth-order valence-corrected chi connectivity index (χ4v) is 2.55. The zero-order valence-corrected chi connectivity index (χ0v) is 13.3. The Kier molecular flexibility index (Phi) is 5.11. The third-order valence-electron chi connectivity index (χ3n) is 2.98. The van der Waals surface area contributed by atoms with Crippen molar-refractivity contribution >= 4 is 17.7 Å². The van der Waals surface area contributed by atoms with Crippen LogP contribution in [0.3, 0.4) is 0 Å². The fourth-order valence-electron chi connectivity index (χ4n) is 1.86. The molecule has 1 aliphatic carbocycles. The zero-order valence-electron chi connectivity index (χ0n) is 12.5. The normalized spacial score (nSPS) is 15.2. The van der Waals surface area contributed by atoms with E-state index in [1.807, 2.05) is 20.8 Å². The number of amides is 1. The Bertz CT molecular complexity index is 447. The summed E-state index contributed by atoms with van der Waals surface area (Å²) in [5, 5.41) is 6.47. The molecular formula is C16H24N2OS. The highest BCUT2D eigenvalue weighted by atomic mass is 32.2. The van der Waals surface area contributed by atoms with E-state index in [2.05, 4.69) is 34.9 Å². The highest BCUT2D eigenvalue weighted by Gasteiger charge is 2.19. The zero-order chi connectivity index (χ0) is 14.6. The van der Waals surface area contributed by atoms with Crippen LogP contribution in [0.1, 0.15) is 39.2 Å². The molecule has 0 aliphatic heterocycles. The Hall–Kier alpha value is -1.00. The van der Waals surface area contributed by atoms with Gasteiger partial charge in [-0.15, -0.1) is 11.8 Å². The van der Waals surface area contributed by atoms with Gasteiger partial charge >= 0.3 is 0 Å². The summed E-state index contributed by atoms with van der Waals surface area (Å²) in [6.07, 6.45) is 2.63. The highest BCUT2D eigenvalue weighted by Crippen LogP contribution is 2.21. The molecule has 2 N–H and O–H groups in total. The molecule has 0 aromatic heterocycles. The van der Waals surface area contributed by atoms with Crippen LogP contribution < -0.4 is 10.6 Å². The van der Waals surface area contributed by atoms with Crippen molar-refractivity contribution in [2.75, 3.05) is 5.75 Å². The predicted octanol–water partition coefficient (Wildman–Crippen LogP) is 2.95. The Morgan fingerprint density at radius 3 is 2.45 bits per heavy atom. The lowest BCUT2D eigenvalue weighted by atomic mass is 10.1. The van der Waals surface area contributed by atoms with Crippen LogP contribution in [0.2, 0.25) is 0 Å². The topological polar surface area (TPSA) is 41.1 Å². The van der Waals surface area contributed by atoms with Crippen LogP contribution in [0.15, 0.2) is 29.2 Å². The number of carbonyl (C=O) groups excluding carboxylic acids is 1. The number of hydrogen-bond acceptors (Lipinski definition) is 3. The van der Waals surface area contributed by atoms with E-state index in [1.54, 1.807) is 11.8 Å². The summed E-state index contributed by atoms with van der Waals surface area (Å²) < 4.78 is 0. The molecule has 0 unspecified atom stereocenters. The predicted molar refractivity (Wildman–Crippen MR) is 84.9 cm³/mol.